The van der Waals surface area contributed by atoms with Crippen molar-refractivity contribution in [2.75, 3.05) is 44.2 Å². The van der Waals surface area contributed by atoms with Gasteiger partial charge in [0.1, 0.15) is 29.9 Å². The maximum atomic E-state index is 11.7. The third-order valence-electron chi connectivity index (χ3n) is 5.56. The molecular weight excluding hydrogens is 382 g/mol. The molecule has 1 unspecified atom stereocenters. The van der Waals surface area contributed by atoms with Crippen LogP contribution in [0.2, 0.25) is 0 Å². The minimum absolute atomic E-state index is 0.183. The van der Waals surface area contributed by atoms with Crippen molar-refractivity contribution in [1.82, 2.24) is 9.88 Å². The van der Waals surface area contributed by atoms with Crippen molar-refractivity contribution in [1.29, 1.82) is 0 Å². The highest BCUT2D eigenvalue weighted by molar-refractivity contribution is 5.84. The molecule has 0 radical (unpaired) electrons. The van der Waals surface area contributed by atoms with Crippen LogP contribution < -0.4 is 15.3 Å². The highest BCUT2D eigenvalue weighted by Gasteiger charge is 2.20. The van der Waals surface area contributed by atoms with Gasteiger partial charge in [-0.15, -0.1) is 0 Å². The zero-order valence-electron chi connectivity index (χ0n) is 17.4. The second-order valence-electron chi connectivity index (χ2n) is 7.75. The van der Waals surface area contributed by atoms with Gasteiger partial charge in [-0.2, -0.15) is 0 Å². The molecule has 0 aliphatic carbocycles. The van der Waals surface area contributed by atoms with Gasteiger partial charge >= 0.3 is 5.63 Å². The fourth-order valence-corrected chi connectivity index (χ4v) is 3.89. The number of rotatable bonds is 6. The Bertz CT molecular complexity index is 1060. The lowest BCUT2D eigenvalue weighted by Gasteiger charge is -2.36. The van der Waals surface area contributed by atoms with E-state index in [1.165, 1.54) is 6.07 Å². The van der Waals surface area contributed by atoms with Crippen LogP contribution in [0.3, 0.4) is 0 Å². The molecule has 2 aromatic heterocycles. The number of hydrogen-bond donors (Lipinski definition) is 1. The van der Waals surface area contributed by atoms with Crippen LogP contribution in [0, 0.1) is 13.8 Å². The molecule has 0 saturated carbocycles. The van der Waals surface area contributed by atoms with Gasteiger partial charge in [0.05, 0.1) is 0 Å². The molecule has 0 spiro atoms. The lowest BCUT2D eigenvalue weighted by atomic mass is 10.1. The molecular formula is C23H27N3O4. The molecule has 1 aromatic carbocycles. The van der Waals surface area contributed by atoms with Crippen LogP contribution in [0.1, 0.15) is 11.1 Å². The van der Waals surface area contributed by atoms with E-state index in [1.54, 1.807) is 0 Å². The predicted octanol–water partition coefficient (Wildman–Crippen LogP) is 2.37. The van der Waals surface area contributed by atoms with Crippen LogP contribution in [0.15, 0.2) is 51.8 Å². The summed E-state index contributed by atoms with van der Waals surface area (Å²) in [5.41, 5.74) is 1.81. The molecule has 0 amide bonds. The summed E-state index contributed by atoms with van der Waals surface area (Å²) < 4.78 is 11.2. The monoisotopic (exact) mass is 409 g/mol. The first-order valence-corrected chi connectivity index (χ1v) is 10.2. The number of pyridine rings is 1. The SMILES string of the molecule is Cc1cc(=O)oc2c(C)c(OCC(O)CN3CCN(c4ccccn4)CC3)ccc12. The fourth-order valence-electron chi connectivity index (χ4n) is 3.89. The molecule has 3 aromatic rings. The van der Waals surface area contributed by atoms with Crippen molar-refractivity contribution in [2.45, 2.75) is 20.0 Å². The van der Waals surface area contributed by atoms with Crippen molar-refractivity contribution >= 4 is 16.8 Å². The van der Waals surface area contributed by atoms with E-state index in [-0.39, 0.29) is 12.2 Å². The summed E-state index contributed by atoms with van der Waals surface area (Å²) in [7, 11) is 0. The summed E-state index contributed by atoms with van der Waals surface area (Å²) in [4.78, 5) is 20.6. The molecule has 1 N–H and O–H groups in total. The van der Waals surface area contributed by atoms with Gasteiger partial charge in [-0.1, -0.05) is 6.07 Å². The van der Waals surface area contributed by atoms with Gasteiger partial charge in [0.15, 0.2) is 0 Å². The van der Waals surface area contributed by atoms with Crippen molar-refractivity contribution in [2.24, 2.45) is 0 Å². The minimum Gasteiger partial charge on any atom is -0.490 e. The zero-order valence-corrected chi connectivity index (χ0v) is 17.4. The highest BCUT2D eigenvalue weighted by Crippen LogP contribution is 2.28. The summed E-state index contributed by atoms with van der Waals surface area (Å²) in [6.45, 7) is 7.99. The van der Waals surface area contributed by atoms with E-state index < -0.39 is 6.10 Å². The van der Waals surface area contributed by atoms with Crippen LogP contribution >= 0.6 is 0 Å². The van der Waals surface area contributed by atoms with E-state index in [0.717, 1.165) is 48.5 Å². The summed E-state index contributed by atoms with van der Waals surface area (Å²) in [5, 5.41) is 11.4. The second kappa shape index (κ2) is 8.85. The second-order valence-corrected chi connectivity index (χ2v) is 7.75. The quantitative estimate of drug-likeness (QED) is 0.626. The molecule has 1 atom stereocenters. The highest BCUT2D eigenvalue weighted by atomic mass is 16.5. The summed E-state index contributed by atoms with van der Waals surface area (Å²) in [6.07, 6.45) is 1.20. The number of aliphatic hydroxyl groups is 1. The molecule has 4 rings (SSSR count). The Kier molecular flexibility index (Phi) is 6.01. The summed E-state index contributed by atoms with van der Waals surface area (Å²) in [5.74, 6) is 1.62. The van der Waals surface area contributed by atoms with Gasteiger partial charge in [0.25, 0.3) is 0 Å². The third-order valence-corrected chi connectivity index (χ3v) is 5.56. The Labute approximate surface area is 175 Å². The van der Waals surface area contributed by atoms with E-state index in [0.29, 0.717) is 17.9 Å². The Hall–Kier alpha value is -2.90. The maximum Gasteiger partial charge on any atom is 0.336 e. The lowest BCUT2D eigenvalue weighted by Crippen LogP contribution is -2.49. The van der Waals surface area contributed by atoms with E-state index in [4.69, 9.17) is 9.15 Å². The number of hydrogen-bond acceptors (Lipinski definition) is 7. The Morgan fingerprint density at radius 2 is 1.97 bits per heavy atom. The van der Waals surface area contributed by atoms with Crippen molar-refractivity contribution in [3.8, 4) is 5.75 Å². The molecule has 1 aliphatic heterocycles. The van der Waals surface area contributed by atoms with Crippen LogP contribution in [0.4, 0.5) is 5.82 Å². The third kappa shape index (κ3) is 4.47. The standard InChI is InChI=1S/C23H27N3O4/c1-16-13-22(28)30-23-17(2)20(7-6-19(16)23)29-15-18(27)14-25-9-11-26(12-10-25)21-5-3-4-8-24-21/h3-8,13,18,27H,9-12,14-15H2,1-2H3. The summed E-state index contributed by atoms with van der Waals surface area (Å²) in [6, 6.07) is 11.2. The number of piperazine rings is 1. The van der Waals surface area contributed by atoms with Crippen LogP contribution in [0.25, 0.3) is 11.0 Å². The normalized spacial score (nSPS) is 16.0. The molecule has 3 heterocycles. The molecule has 7 nitrogen and oxygen atoms in total. The Balaban J connectivity index is 1.32. The van der Waals surface area contributed by atoms with Crippen molar-refractivity contribution in [3.63, 3.8) is 0 Å². The number of β-amino-alcohol motifs (C(OH)–C–C–N with tert-alkyl or cyclic N) is 1. The van der Waals surface area contributed by atoms with Gasteiger partial charge in [-0.05, 0) is 43.7 Å². The largest absolute Gasteiger partial charge is 0.490 e. The molecule has 1 fully saturated rings. The smallest absolute Gasteiger partial charge is 0.336 e. The molecule has 1 aliphatic rings. The Morgan fingerprint density at radius 3 is 2.70 bits per heavy atom. The van der Waals surface area contributed by atoms with Crippen LogP contribution in [-0.4, -0.2) is 60.4 Å². The Morgan fingerprint density at radius 1 is 1.17 bits per heavy atom. The molecule has 7 heteroatoms. The molecule has 1 saturated heterocycles. The number of aliphatic hydroxyl groups excluding tert-OH is 1. The first-order valence-electron chi connectivity index (χ1n) is 10.2. The molecule has 0 bridgehead atoms. The van der Waals surface area contributed by atoms with E-state index in [2.05, 4.69) is 14.8 Å². The number of aryl methyl sites for hydroxylation is 2. The van der Waals surface area contributed by atoms with Crippen molar-refractivity contribution < 1.29 is 14.3 Å². The number of anilines is 1. The van der Waals surface area contributed by atoms with Crippen LogP contribution in [0.5, 0.6) is 5.75 Å². The first-order chi connectivity index (χ1) is 14.5. The lowest BCUT2D eigenvalue weighted by molar-refractivity contribution is 0.0660. The number of nitrogens with zero attached hydrogens (tertiary/aromatic N) is 3. The number of fused-ring (bicyclic) bond motifs is 1. The fraction of sp³-hybridized carbons (Fsp3) is 0.391. The average Bonchev–Trinajstić information content (AvgIpc) is 2.75. The van der Waals surface area contributed by atoms with E-state index in [9.17, 15) is 9.90 Å². The topological polar surface area (TPSA) is 79.0 Å². The van der Waals surface area contributed by atoms with Gasteiger partial charge < -0.3 is 19.2 Å². The molecule has 30 heavy (non-hydrogen) atoms. The predicted molar refractivity (Wildman–Crippen MR) is 116 cm³/mol. The van der Waals surface area contributed by atoms with Gasteiger partial charge in [0, 0.05) is 55.9 Å². The average molecular weight is 409 g/mol. The van der Waals surface area contributed by atoms with Gasteiger partial charge in [-0.3, -0.25) is 4.90 Å². The zero-order chi connectivity index (χ0) is 21.1. The van der Waals surface area contributed by atoms with E-state index in [1.807, 2.05) is 50.4 Å². The van der Waals surface area contributed by atoms with Crippen molar-refractivity contribution in [3.05, 3.63) is 64.1 Å². The van der Waals surface area contributed by atoms with Gasteiger partial charge in [0.2, 0.25) is 0 Å². The first kappa shape index (κ1) is 20.4. The number of ether oxygens (including phenoxy) is 1. The number of aromatic nitrogens is 1. The van der Waals surface area contributed by atoms with Crippen LogP contribution in [-0.2, 0) is 0 Å². The van der Waals surface area contributed by atoms with Gasteiger partial charge in [-0.25, -0.2) is 9.78 Å². The summed E-state index contributed by atoms with van der Waals surface area (Å²) >= 11 is 0. The van der Waals surface area contributed by atoms with E-state index >= 15 is 0 Å². The minimum atomic E-state index is -0.606. The maximum absolute atomic E-state index is 11.7. The number of benzene rings is 1. The molecule has 158 valence electrons.